The van der Waals surface area contributed by atoms with Gasteiger partial charge in [-0.1, -0.05) is 114 Å². The molecule has 0 bridgehead atoms. The zero-order valence-electron chi connectivity index (χ0n) is 23.9. The van der Waals surface area contributed by atoms with E-state index in [1.54, 1.807) is 0 Å². The van der Waals surface area contributed by atoms with Gasteiger partial charge in [0.25, 0.3) is 0 Å². The van der Waals surface area contributed by atoms with Crippen LogP contribution in [-0.2, 0) is 20.8 Å². The largest absolute Gasteiger partial charge is 0.368 e. The molecule has 0 aliphatic rings. The van der Waals surface area contributed by atoms with Crippen molar-refractivity contribution in [3.63, 3.8) is 0 Å². The predicted molar refractivity (Wildman–Crippen MR) is 156 cm³/mol. The van der Waals surface area contributed by atoms with Crippen LogP contribution in [0.3, 0.4) is 0 Å². The van der Waals surface area contributed by atoms with Gasteiger partial charge in [0.2, 0.25) is 17.7 Å². The predicted octanol–water partition coefficient (Wildman–Crippen LogP) is 5.29. The summed E-state index contributed by atoms with van der Waals surface area (Å²) in [4.78, 5) is 37.6. The molecule has 1 aromatic rings. The Morgan fingerprint density at radius 2 is 1.26 bits per heavy atom. The van der Waals surface area contributed by atoms with Crippen molar-refractivity contribution in [3.8, 4) is 0 Å². The van der Waals surface area contributed by atoms with Crippen LogP contribution in [0.5, 0.6) is 0 Å². The van der Waals surface area contributed by atoms with E-state index in [0.717, 1.165) is 31.2 Å². The van der Waals surface area contributed by atoms with Crippen LogP contribution in [0, 0.1) is 0 Å². The van der Waals surface area contributed by atoms with Gasteiger partial charge >= 0.3 is 0 Å². The van der Waals surface area contributed by atoms with Crippen LogP contribution in [0.4, 0.5) is 0 Å². The molecule has 0 saturated carbocycles. The van der Waals surface area contributed by atoms with E-state index in [0.29, 0.717) is 32.2 Å². The summed E-state index contributed by atoms with van der Waals surface area (Å²) in [6.07, 6.45) is 19.0. The van der Waals surface area contributed by atoms with E-state index in [4.69, 9.17) is 11.5 Å². The molecule has 0 heterocycles. The van der Waals surface area contributed by atoms with Crippen molar-refractivity contribution in [3.05, 3.63) is 35.9 Å². The molecule has 1 rings (SSSR count). The Bertz CT molecular complexity index is 757. The third-order valence-electron chi connectivity index (χ3n) is 7.05. The Morgan fingerprint density at radius 3 is 1.79 bits per heavy atom. The van der Waals surface area contributed by atoms with Gasteiger partial charge in [0.1, 0.15) is 12.1 Å². The quantitative estimate of drug-likeness (QED) is 0.135. The smallest absolute Gasteiger partial charge is 0.243 e. The zero-order chi connectivity index (χ0) is 27.8. The molecule has 0 aliphatic carbocycles. The highest BCUT2D eigenvalue weighted by Gasteiger charge is 2.25. The molecule has 7 heteroatoms. The van der Waals surface area contributed by atoms with Crippen molar-refractivity contribution in [2.24, 2.45) is 11.5 Å². The average molecular weight is 531 g/mol. The molecule has 0 aromatic heterocycles. The highest BCUT2D eigenvalue weighted by Crippen LogP contribution is 2.13. The fraction of sp³-hybridized carbons (Fsp3) is 0.710. The number of rotatable bonds is 24. The number of hydrogen-bond acceptors (Lipinski definition) is 4. The Hall–Kier alpha value is -2.41. The first-order chi connectivity index (χ1) is 18.5. The maximum atomic E-state index is 13.0. The molecule has 0 radical (unpaired) electrons. The topological polar surface area (TPSA) is 127 Å². The van der Waals surface area contributed by atoms with Crippen LogP contribution in [-0.4, -0.2) is 36.3 Å². The van der Waals surface area contributed by atoms with Gasteiger partial charge in [-0.25, -0.2) is 0 Å². The fourth-order valence-corrected chi connectivity index (χ4v) is 4.68. The number of hydrogen-bond donors (Lipinski definition) is 4. The van der Waals surface area contributed by atoms with Crippen LogP contribution in [0.1, 0.15) is 122 Å². The first-order valence-electron chi connectivity index (χ1n) is 15.1. The molecule has 2 atom stereocenters. The van der Waals surface area contributed by atoms with E-state index in [-0.39, 0.29) is 11.8 Å². The van der Waals surface area contributed by atoms with Gasteiger partial charge in [0.15, 0.2) is 0 Å². The second-order valence-electron chi connectivity index (χ2n) is 10.6. The standard InChI is InChI=1S/C31H54N4O3/c1-2-3-4-5-6-7-8-9-10-11-12-13-17-23-29(36)34-27(22-18-19-24-32)31(38)35-28(30(33)37)25-26-20-15-14-16-21-26/h14-16,20-21,27-28H,2-13,17-19,22-25,32H2,1H3,(H2,33,37)(H,34,36)(H,35,38)/t27-,28+/m0/s1. The van der Waals surface area contributed by atoms with Crippen molar-refractivity contribution in [1.82, 2.24) is 10.6 Å². The first-order valence-corrected chi connectivity index (χ1v) is 15.1. The van der Waals surface area contributed by atoms with Gasteiger partial charge in [0, 0.05) is 12.8 Å². The van der Waals surface area contributed by atoms with Gasteiger partial charge < -0.3 is 22.1 Å². The number of amides is 3. The van der Waals surface area contributed by atoms with E-state index in [1.165, 1.54) is 64.2 Å². The van der Waals surface area contributed by atoms with Crippen molar-refractivity contribution >= 4 is 17.7 Å². The normalized spacial score (nSPS) is 12.6. The number of primary amides is 1. The lowest BCUT2D eigenvalue weighted by Crippen LogP contribution is -2.53. The van der Waals surface area contributed by atoms with Gasteiger partial charge in [-0.05, 0) is 37.8 Å². The van der Waals surface area contributed by atoms with Crippen molar-refractivity contribution < 1.29 is 14.4 Å². The van der Waals surface area contributed by atoms with Crippen molar-refractivity contribution in [2.75, 3.05) is 6.54 Å². The second kappa shape index (κ2) is 22.6. The summed E-state index contributed by atoms with van der Waals surface area (Å²) in [5, 5.41) is 5.64. The molecule has 0 aliphatic heterocycles. The molecule has 0 unspecified atom stereocenters. The number of carbonyl (C=O) groups excluding carboxylic acids is 3. The molecule has 0 fully saturated rings. The average Bonchev–Trinajstić information content (AvgIpc) is 2.91. The number of nitrogens with two attached hydrogens (primary N) is 2. The summed E-state index contributed by atoms with van der Waals surface area (Å²) in [5.74, 6) is -1.10. The third-order valence-corrected chi connectivity index (χ3v) is 7.05. The van der Waals surface area contributed by atoms with Gasteiger partial charge in [0.05, 0.1) is 0 Å². The highest BCUT2D eigenvalue weighted by molar-refractivity contribution is 5.91. The molecule has 1 aromatic carbocycles. The van der Waals surface area contributed by atoms with E-state index >= 15 is 0 Å². The molecular formula is C31H54N4O3. The molecule has 7 nitrogen and oxygen atoms in total. The molecule has 0 saturated heterocycles. The lowest BCUT2D eigenvalue weighted by atomic mass is 10.0. The maximum absolute atomic E-state index is 13.0. The number of unbranched alkanes of at least 4 members (excludes halogenated alkanes) is 13. The van der Waals surface area contributed by atoms with Crippen LogP contribution >= 0.6 is 0 Å². The van der Waals surface area contributed by atoms with E-state index in [9.17, 15) is 14.4 Å². The SMILES string of the molecule is CCCCCCCCCCCCCCCC(=O)N[C@@H](CCCCN)C(=O)N[C@H](Cc1ccccc1)C(N)=O. The monoisotopic (exact) mass is 530 g/mol. The van der Waals surface area contributed by atoms with E-state index in [2.05, 4.69) is 17.6 Å². The summed E-state index contributed by atoms with van der Waals surface area (Å²) in [6.45, 7) is 2.78. The molecule has 216 valence electrons. The highest BCUT2D eigenvalue weighted by atomic mass is 16.2. The van der Waals surface area contributed by atoms with E-state index < -0.39 is 18.0 Å². The van der Waals surface area contributed by atoms with E-state index in [1.807, 2.05) is 30.3 Å². The minimum Gasteiger partial charge on any atom is -0.368 e. The summed E-state index contributed by atoms with van der Waals surface area (Å²) in [6, 6.07) is 7.88. The Labute approximate surface area is 231 Å². The minimum atomic E-state index is -0.833. The number of carbonyl (C=O) groups is 3. The van der Waals surface area contributed by atoms with Crippen molar-refractivity contribution in [2.45, 2.75) is 135 Å². The van der Waals surface area contributed by atoms with Crippen LogP contribution in [0.2, 0.25) is 0 Å². The fourth-order valence-electron chi connectivity index (χ4n) is 4.68. The maximum Gasteiger partial charge on any atom is 0.243 e. The van der Waals surface area contributed by atoms with Crippen LogP contribution < -0.4 is 22.1 Å². The number of benzene rings is 1. The van der Waals surface area contributed by atoms with Gasteiger partial charge in [-0.15, -0.1) is 0 Å². The molecule has 38 heavy (non-hydrogen) atoms. The van der Waals surface area contributed by atoms with Gasteiger partial charge in [-0.2, -0.15) is 0 Å². The summed E-state index contributed by atoms with van der Waals surface area (Å²) >= 11 is 0. The Balaban J connectivity index is 2.33. The Morgan fingerprint density at radius 1 is 0.711 bits per heavy atom. The number of nitrogens with one attached hydrogen (secondary N) is 2. The third kappa shape index (κ3) is 17.2. The second-order valence-corrected chi connectivity index (χ2v) is 10.6. The molecule has 3 amide bonds. The summed E-state index contributed by atoms with van der Waals surface area (Å²) < 4.78 is 0. The summed E-state index contributed by atoms with van der Waals surface area (Å²) in [7, 11) is 0. The van der Waals surface area contributed by atoms with Crippen LogP contribution in [0.25, 0.3) is 0 Å². The van der Waals surface area contributed by atoms with Crippen molar-refractivity contribution in [1.29, 1.82) is 0 Å². The first kappa shape index (κ1) is 33.6. The van der Waals surface area contributed by atoms with Gasteiger partial charge in [-0.3, -0.25) is 14.4 Å². The van der Waals surface area contributed by atoms with Crippen LogP contribution in [0.15, 0.2) is 30.3 Å². The molecule has 0 spiro atoms. The Kier molecular flexibility index (Phi) is 20.0. The molecule has 6 N–H and O–H groups in total. The lowest BCUT2D eigenvalue weighted by Gasteiger charge is -2.22. The summed E-state index contributed by atoms with van der Waals surface area (Å²) in [5.41, 5.74) is 12.1. The minimum absolute atomic E-state index is 0.125. The molecular weight excluding hydrogens is 476 g/mol. The zero-order valence-corrected chi connectivity index (χ0v) is 23.9. The lowest BCUT2D eigenvalue weighted by molar-refractivity contribution is -0.131.